The maximum Gasteiger partial charge on any atom is 0.226 e. The minimum Gasteiger partial charge on any atom is -0.356 e. The van der Waals surface area contributed by atoms with Crippen LogP contribution >= 0.6 is 0 Å². The zero-order valence-corrected chi connectivity index (χ0v) is 6.55. The number of amides is 1. The molecule has 0 aromatic heterocycles. The highest BCUT2D eigenvalue weighted by molar-refractivity contribution is 5.80. The Morgan fingerprint density at radius 1 is 1.55 bits per heavy atom. The van der Waals surface area contributed by atoms with Crippen LogP contribution in [-0.2, 0) is 4.79 Å². The Balaban J connectivity index is 0.000001000. The summed E-state index contributed by atoms with van der Waals surface area (Å²) in [5.41, 5.74) is 0. The van der Waals surface area contributed by atoms with Gasteiger partial charge in [0.1, 0.15) is 0 Å². The third-order valence-corrected chi connectivity index (χ3v) is 1.86. The Bertz CT molecular complexity index is 145. The fraction of sp³-hybridized carbons (Fsp3) is 0.625. The molecule has 1 heterocycles. The van der Waals surface area contributed by atoms with E-state index in [2.05, 4.69) is 11.9 Å². The SMILES string of the molecule is C=CC1CCCCNC1=O.[N]. The van der Waals surface area contributed by atoms with Gasteiger partial charge in [0, 0.05) is 12.7 Å². The van der Waals surface area contributed by atoms with Gasteiger partial charge in [-0.1, -0.05) is 12.5 Å². The Kier molecular flexibility index (Phi) is 4.54. The van der Waals surface area contributed by atoms with Gasteiger partial charge in [0.15, 0.2) is 0 Å². The molecule has 0 aromatic carbocycles. The van der Waals surface area contributed by atoms with Crippen LogP contribution in [0.1, 0.15) is 19.3 Å². The molecule has 0 spiro atoms. The van der Waals surface area contributed by atoms with E-state index in [4.69, 9.17) is 0 Å². The van der Waals surface area contributed by atoms with Crippen molar-refractivity contribution in [3.63, 3.8) is 0 Å². The van der Waals surface area contributed by atoms with Crippen LogP contribution in [0.5, 0.6) is 0 Å². The van der Waals surface area contributed by atoms with E-state index in [0.29, 0.717) is 0 Å². The highest BCUT2D eigenvalue weighted by Crippen LogP contribution is 2.12. The van der Waals surface area contributed by atoms with Crippen molar-refractivity contribution in [3.8, 4) is 0 Å². The normalized spacial score (nSPS) is 24.4. The van der Waals surface area contributed by atoms with Crippen LogP contribution in [0.2, 0.25) is 0 Å². The van der Waals surface area contributed by atoms with Crippen molar-refractivity contribution in [2.24, 2.45) is 5.92 Å². The molecule has 61 valence electrons. The van der Waals surface area contributed by atoms with Gasteiger partial charge in [0.05, 0.1) is 5.92 Å². The summed E-state index contributed by atoms with van der Waals surface area (Å²) in [6.07, 6.45) is 4.95. The molecular formula is C8H13N2O. The third-order valence-electron chi connectivity index (χ3n) is 1.86. The third kappa shape index (κ3) is 2.72. The molecule has 1 unspecified atom stereocenters. The first-order chi connectivity index (χ1) is 4.84. The number of hydrogen-bond donors (Lipinski definition) is 1. The standard InChI is InChI=1S/C8H13NO.N/c1-2-7-5-3-4-6-9-8(7)10;/h2,7H,1,3-6H2,(H,9,10);. The molecule has 0 aromatic rings. The van der Waals surface area contributed by atoms with Crippen LogP contribution in [0.25, 0.3) is 0 Å². The summed E-state index contributed by atoms with van der Waals surface area (Å²) in [6.45, 7) is 4.45. The predicted octanol–water partition coefficient (Wildman–Crippen LogP) is 0.608. The van der Waals surface area contributed by atoms with Crippen molar-refractivity contribution >= 4 is 5.91 Å². The number of rotatable bonds is 1. The van der Waals surface area contributed by atoms with Crippen LogP contribution in [0.4, 0.5) is 0 Å². The molecule has 11 heavy (non-hydrogen) atoms. The second-order valence-corrected chi connectivity index (χ2v) is 2.63. The van der Waals surface area contributed by atoms with E-state index in [-0.39, 0.29) is 18.0 Å². The first-order valence-corrected chi connectivity index (χ1v) is 3.75. The van der Waals surface area contributed by atoms with Crippen LogP contribution in [0.15, 0.2) is 12.7 Å². The molecule has 1 rings (SSSR count). The van der Waals surface area contributed by atoms with E-state index >= 15 is 0 Å². The number of carbonyl (C=O) groups excluding carboxylic acids is 1. The molecule has 1 saturated heterocycles. The monoisotopic (exact) mass is 153 g/mol. The van der Waals surface area contributed by atoms with Crippen molar-refractivity contribution in [1.29, 1.82) is 0 Å². The Morgan fingerprint density at radius 2 is 2.27 bits per heavy atom. The number of nitrogens with one attached hydrogen (secondary N) is 1. The van der Waals surface area contributed by atoms with E-state index in [0.717, 1.165) is 25.8 Å². The van der Waals surface area contributed by atoms with Gasteiger partial charge in [-0.2, -0.15) is 0 Å². The van der Waals surface area contributed by atoms with Gasteiger partial charge >= 0.3 is 0 Å². The van der Waals surface area contributed by atoms with Crippen LogP contribution in [0, 0.1) is 5.92 Å². The fourth-order valence-electron chi connectivity index (χ4n) is 1.19. The molecule has 1 atom stereocenters. The van der Waals surface area contributed by atoms with Crippen molar-refractivity contribution in [3.05, 3.63) is 12.7 Å². The maximum absolute atomic E-state index is 11.1. The molecule has 3 radical (unpaired) electrons. The number of hydrogen-bond acceptors (Lipinski definition) is 1. The largest absolute Gasteiger partial charge is 0.356 e. The predicted molar refractivity (Wildman–Crippen MR) is 42.7 cm³/mol. The Hall–Kier alpha value is -0.830. The number of carbonyl (C=O) groups is 1. The smallest absolute Gasteiger partial charge is 0.226 e. The highest BCUT2D eigenvalue weighted by Gasteiger charge is 2.16. The summed E-state index contributed by atoms with van der Waals surface area (Å²) in [4.78, 5) is 11.1. The Morgan fingerprint density at radius 3 is 2.91 bits per heavy atom. The van der Waals surface area contributed by atoms with Crippen molar-refractivity contribution < 1.29 is 4.79 Å². The summed E-state index contributed by atoms with van der Waals surface area (Å²) in [5.74, 6) is 0.204. The maximum atomic E-state index is 11.1. The average Bonchev–Trinajstić information content (AvgIpc) is 2.13. The van der Waals surface area contributed by atoms with Crippen LogP contribution in [0.3, 0.4) is 0 Å². The molecule has 1 amide bonds. The van der Waals surface area contributed by atoms with E-state index in [1.54, 1.807) is 6.08 Å². The van der Waals surface area contributed by atoms with Crippen LogP contribution < -0.4 is 11.5 Å². The van der Waals surface area contributed by atoms with Gasteiger partial charge in [-0.3, -0.25) is 4.79 Å². The second kappa shape index (κ2) is 4.91. The second-order valence-electron chi connectivity index (χ2n) is 2.63. The molecule has 3 heteroatoms. The summed E-state index contributed by atoms with van der Waals surface area (Å²) in [5, 5.41) is 2.84. The zero-order valence-electron chi connectivity index (χ0n) is 6.55. The first kappa shape index (κ1) is 10.2. The van der Waals surface area contributed by atoms with Gasteiger partial charge in [0.25, 0.3) is 0 Å². The van der Waals surface area contributed by atoms with Gasteiger partial charge in [0.2, 0.25) is 5.91 Å². The van der Waals surface area contributed by atoms with Crippen molar-refractivity contribution in [1.82, 2.24) is 11.5 Å². The molecule has 1 fully saturated rings. The highest BCUT2D eigenvalue weighted by atomic mass is 16.1. The lowest BCUT2D eigenvalue weighted by Gasteiger charge is -2.05. The van der Waals surface area contributed by atoms with Gasteiger partial charge in [-0.15, -0.1) is 6.58 Å². The van der Waals surface area contributed by atoms with Crippen LogP contribution in [-0.4, -0.2) is 12.5 Å². The van der Waals surface area contributed by atoms with E-state index < -0.39 is 0 Å². The van der Waals surface area contributed by atoms with E-state index in [1.807, 2.05) is 0 Å². The van der Waals surface area contributed by atoms with Gasteiger partial charge in [-0.25, -0.2) is 0 Å². The molecule has 1 aliphatic rings. The summed E-state index contributed by atoms with van der Waals surface area (Å²) < 4.78 is 0. The summed E-state index contributed by atoms with van der Waals surface area (Å²) >= 11 is 0. The molecule has 3 nitrogen and oxygen atoms in total. The quantitative estimate of drug-likeness (QED) is 0.551. The zero-order chi connectivity index (χ0) is 7.40. The number of nitrogens with zero attached hydrogens (tertiary/aromatic N) is 1. The molecule has 0 aliphatic carbocycles. The van der Waals surface area contributed by atoms with Crippen molar-refractivity contribution in [2.75, 3.05) is 6.54 Å². The van der Waals surface area contributed by atoms with E-state index in [9.17, 15) is 4.79 Å². The van der Waals surface area contributed by atoms with Gasteiger partial charge < -0.3 is 5.32 Å². The van der Waals surface area contributed by atoms with E-state index in [1.165, 1.54) is 0 Å². The first-order valence-electron chi connectivity index (χ1n) is 3.75. The van der Waals surface area contributed by atoms with Crippen molar-refractivity contribution in [2.45, 2.75) is 19.3 Å². The minimum absolute atomic E-state index is 0. The topological polar surface area (TPSA) is 59.6 Å². The molecular weight excluding hydrogens is 140 g/mol. The molecule has 0 saturated carbocycles. The lowest BCUT2D eigenvalue weighted by atomic mass is 10.0. The molecule has 1 N–H and O–H groups in total. The Labute approximate surface area is 67.4 Å². The molecule has 1 aliphatic heterocycles. The summed E-state index contributed by atoms with van der Waals surface area (Å²) in [7, 11) is 0. The average molecular weight is 153 g/mol. The molecule has 0 bridgehead atoms. The fourth-order valence-corrected chi connectivity index (χ4v) is 1.19. The van der Waals surface area contributed by atoms with Gasteiger partial charge in [-0.05, 0) is 12.8 Å². The lowest BCUT2D eigenvalue weighted by molar-refractivity contribution is -0.123. The minimum atomic E-state index is 0. The summed E-state index contributed by atoms with van der Waals surface area (Å²) in [6, 6.07) is 0. The lowest BCUT2D eigenvalue weighted by Crippen LogP contribution is -2.27.